The highest BCUT2D eigenvalue weighted by atomic mass is 16.5. The number of piperazine rings is 1. The topological polar surface area (TPSA) is 76.9 Å². The number of ether oxygens (including phenoxy) is 1. The lowest BCUT2D eigenvalue weighted by Crippen LogP contribution is -2.68. The van der Waals surface area contributed by atoms with Crippen molar-refractivity contribution in [3.05, 3.63) is 0 Å². The highest BCUT2D eigenvalue weighted by molar-refractivity contribution is 5.90. The van der Waals surface area contributed by atoms with E-state index in [1.807, 2.05) is 30.6 Å². The Labute approximate surface area is 137 Å². The minimum atomic E-state index is -0.750. The van der Waals surface area contributed by atoms with Gasteiger partial charge in [0.15, 0.2) is 0 Å². The highest BCUT2D eigenvalue weighted by Gasteiger charge is 2.54. The van der Waals surface area contributed by atoms with Gasteiger partial charge in [0.2, 0.25) is 11.8 Å². The molecule has 1 unspecified atom stereocenters. The summed E-state index contributed by atoms with van der Waals surface area (Å²) in [5, 5.41) is 9.10. The number of carbonyl (C=O) groups excluding carboxylic acids is 2. The Morgan fingerprint density at radius 3 is 2.74 bits per heavy atom. The highest BCUT2D eigenvalue weighted by Crippen LogP contribution is 2.33. The van der Waals surface area contributed by atoms with Crippen molar-refractivity contribution >= 4 is 11.8 Å². The van der Waals surface area contributed by atoms with Crippen LogP contribution in [0.15, 0.2) is 0 Å². The van der Waals surface area contributed by atoms with E-state index < -0.39 is 5.54 Å². The Morgan fingerprint density at radius 2 is 2.13 bits per heavy atom. The van der Waals surface area contributed by atoms with Gasteiger partial charge < -0.3 is 14.5 Å². The SMILES string of the molecule is CCOCC(=O)N1CCC2(C1)C(=O)N(C(C)C)CCN2CC#N. The van der Waals surface area contributed by atoms with Crippen molar-refractivity contribution in [2.45, 2.75) is 38.8 Å². The van der Waals surface area contributed by atoms with Crippen molar-refractivity contribution in [2.24, 2.45) is 0 Å². The van der Waals surface area contributed by atoms with Crippen LogP contribution in [0.25, 0.3) is 0 Å². The number of hydrogen-bond donors (Lipinski definition) is 0. The molecule has 2 aliphatic heterocycles. The maximum atomic E-state index is 13.1. The van der Waals surface area contributed by atoms with Crippen molar-refractivity contribution in [2.75, 3.05) is 45.9 Å². The number of rotatable bonds is 5. The molecule has 2 saturated heterocycles. The third-order valence-corrected chi connectivity index (χ3v) is 4.79. The number of amides is 2. The first-order chi connectivity index (χ1) is 11.0. The van der Waals surface area contributed by atoms with Crippen LogP contribution in [0.4, 0.5) is 0 Å². The van der Waals surface area contributed by atoms with Crippen molar-refractivity contribution in [3.8, 4) is 6.07 Å². The van der Waals surface area contributed by atoms with E-state index in [2.05, 4.69) is 6.07 Å². The molecule has 0 radical (unpaired) electrons. The van der Waals surface area contributed by atoms with E-state index in [-0.39, 0.29) is 31.0 Å². The number of nitriles is 1. The first-order valence-corrected chi connectivity index (χ1v) is 8.25. The molecule has 7 nitrogen and oxygen atoms in total. The molecule has 2 aliphatic rings. The molecule has 2 rings (SSSR count). The molecule has 2 heterocycles. The Balaban J connectivity index is 2.19. The van der Waals surface area contributed by atoms with Gasteiger partial charge in [0.05, 0.1) is 12.6 Å². The van der Waals surface area contributed by atoms with Gasteiger partial charge in [-0.15, -0.1) is 0 Å². The monoisotopic (exact) mass is 322 g/mol. The van der Waals surface area contributed by atoms with Gasteiger partial charge in [-0.2, -0.15) is 5.26 Å². The predicted octanol–water partition coefficient (Wildman–Crippen LogP) is 0.0702. The first-order valence-electron chi connectivity index (χ1n) is 8.25. The van der Waals surface area contributed by atoms with Crippen molar-refractivity contribution in [3.63, 3.8) is 0 Å². The standard InChI is InChI=1S/C16H26N4O3/c1-4-23-11-14(21)18-7-5-16(12-18)15(22)20(13(2)3)10-9-19(16)8-6-17/h13H,4-5,7-12H2,1-3H3. The van der Waals surface area contributed by atoms with Gasteiger partial charge in [-0.25, -0.2) is 0 Å². The van der Waals surface area contributed by atoms with E-state index in [9.17, 15) is 9.59 Å². The summed E-state index contributed by atoms with van der Waals surface area (Å²) in [5.41, 5.74) is -0.750. The second-order valence-electron chi connectivity index (χ2n) is 6.41. The second kappa shape index (κ2) is 7.28. The van der Waals surface area contributed by atoms with Crippen LogP contribution < -0.4 is 0 Å². The van der Waals surface area contributed by atoms with E-state index >= 15 is 0 Å². The molecule has 0 N–H and O–H groups in total. The van der Waals surface area contributed by atoms with E-state index in [1.165, 1.54) is 0 Å². The number of nitrogens with zero attached hydrogens (tertiary/aromatic N) is 4. The number of likely N-dealkylation sites (tertiary alicyclic amines) is 1. The molecule has 0 aliphatic carbocycles. The van der Waals surface area contributed by atoms with Crippen molar-refractivity contribution in [1.29, 1.82) is 5.26 Å². The lowest BCUT2D eigenvalue weighted by atomic mass is 9.90. The van der Waals surface area contributed by atoms with Crippen molar-refractivity contribution < 1.29 is 14.3 Å². The average molecular weight is 322 g/mol. The number of carbonyl (C=O) groups is 2. The fourth-order valence-electron chi connectivity index (χ4n) is 3.48. The third kappa shape index (κ3) is 3.33. The maximum absolute atomic E-state index is 13.1. The molecule has 0 saturated carbocycles. The summed E-state index contributed by atoms with van der Waals surface area (Å²) in [5.74, 6) is -0.0455. The van der Waals surface area contributed by atoms with E-state index in [1.54, 1.807) is 4.90 Å². The largest absolute Gasteiger partial charge is 0.372 e. The summed E-state index contributed by atoms with van der Waals surface area (Å²) >= 11 is 0. The number of hydrogen-bond acceptors (Lipinski definition) is 5. The molecule has 0 bridgehead atoms. The van der Waals surface area contributed by atoms with E-state index in [4.69, 9.17) is 10.00 Å². The van der Waals surface area contributed by atoms with Crippen LogP contribution >= 0.6 is 0 Å². The van der Waals surface area contributed by atoms with Crippen LogP contribution in [0.1, 0.15) is 27.2 Å². The van der Waals surface area contributed by atoms with Gasteiger partial charge in [-0.1, -0.05) is 0 Å². The Morgan fingerprint density at radius 1 is 1.39 bits per heavy atom. The minimum absolute atomic E-state index is 0.0423. The zero-order valence-electron chi connectivity index (χ0n) is 14.2. The molecule has 1 spiro atoms. The van der Waals surface area contributed by atoms with Crippen molar-refractivity contribution in [1.82, 2.24) is 14.7 Å². The Kier molecular flexibility index (Phi) is 5.60. The van der Waals surface area contributed by atoms with Crippen LogP contribution in [-0.4, -0.2) is 84.0 Å². The van der Waals surface area contributed by atoms with Gasteiger partial charge in [-0.05, 0) is 27.2 Å². The third-order valence-electron chi connectivity index (χ3n) is 4.79. The Bertz CT molecular complexity index is 502. The normalized spacial score (nSPS) is 25.4. The summed E-state index contributed by atoms with van der Waals surface area (Å²) in [7, 11) is 0. The van der Waals surface area contributed by atoms with Gasteiger partial charge in [0.25, 0.3) is 0 Å². The smallest absolute Gasteiger partial charge is 0.248 e. The van der Waals surface area contributed by atoms with Gasteiger partial charge in [-0.3, -0.25) is 14.5 Å². The van der Waals surface area contributed by atoms with Gasteiger partial charge in [0.1, 0.15) is 12.1 Å². The second-order valence-corrected chi connectivity index (χ2v) is 6.41. The average Bonchev–Trinajstić information content (AvgIpc) is 2.96. The van der Waals surface area contributed by atoms with E-state index in [0.717, 1.165) is 0 Å². The molecule has 1 atom stereocenters. The zero-order chi connectivity index (χ0) is 17.0. The fourth-order valence-corrected chi connectivity index (χ4v) is 3.48. The van der Waals surface area contributed by atoms with Crippen LogP contribution in [0.5, 0.6) is 0 Å². The molecule has 0 aromatic carbocycles. The summed E-state index contributed by atoms with van der Waals surface area (Å²) < 4.78 is 5.19. The maximum Gasteiger partial charge on any atom is 0.248 e. The summed E-state index contributed by atoms with van der Waals surface area (Å²) in [6.07, 6.45) is 0.578. The van der Waals surface area contributed by atoms with Crippen LogP contribution in [0, 0.1) is 11.3 Å². The lowest BCUT2D eigenvalue weighted by molar-refractivity contribution is -0.152. The van der Waals surface area contributed by atoms with Gasteiger partial charge >= 0.3 is 0 Å². The van der Waals surface area contributed by atoms with E-state index in [0.29, 0.717) is 39.2 Å². The molecule has 2 amide bonds. The lowest BCUT2D eigenvalue weighted by Gasteiger charge is -2.48. The molecule has 0 aromatic heterocycles. The summed E-state index contributed by atoms with van der Waals surface area (Å²) in [4.78, 5) is 30.8. The van der Waals surface area contributed by atoms with Gasteiger partial charge in [0, 0.05) is 38.8 Å². The predicted molar refractivity (Wildman–Crippen MR) is 84.5 cm³/mol. The van der Waals surface area contributed by atoms with Crippen LogP contribution in [0.3, 0.4) is 0 Å². The van der Waals surface area contributed by atoms with Crippen LogP contribution in [0.2, 0.25) is 0 Å². The fraction of sp³-hybridized carbons (Fsp3) is 0.812. The molecule has 23 heavy (non-hydrogen) atoms. The molecule has 128 valence electrons. The molecule has 7 heteroatoms. The first kappa shape index (κ1) is 17.7. The quantitative estimate of drug-likeness (QED) is 0.670. The minimum Gasteiger partial charge on any atom is -0.372 e. The molecular weight excluding hydrogens is 296 g/mol. The molecular formula is C16H26N4O3. The molecule has 0 aromatic rings. The zero-order valence-corrected chi connectivity index (χ0v) is 14.2. The summed E-state index contributed by atoms with van der Waals surface area (Å²) in [6.45, 7) is 8.78. The summed E-state index contributed by atoms with van der Waals surface area (Å²) in [6, 6.07) is 2.28. The Hall–Kier alpha value is -1.65. The van der Waals surface area contributed by atoms with Crippen LogP contribution in [-0.2, 0) is 14.3 Å². The molecule has 2 fully saturated rings.